The Morgan fingerprint density at radius 2 is 1.94 bits per heavy atom. The average molecular weight is 466 g/mol. The molecular formula is C24H20ClN3O3S. The fourth-order valence-electron chi connectivity index (χ4n) is 3.35. The number of anilines is 1. The maximum absolute atomic E-state index is 12.7. The molecule has 0 aliphatic carbocycles. The topological polar surface area (TPSA) is 76.4 Å². The number of carbonyl (C=O) groups excluding carboxylic acids is 1. The molecule has 6 nitrogen and oxygen atoms in total. The van der Waals surface area contributed by atoms with Crippen LogP contribution in [0.5, 0.6) is 5.75 Å². The molecule has 32 heavy (non-hydrogen) atoms. The second kappa shape index (κ2) is 8.98. The number of thiocarbonyl (C=S) groups is 1. The van der Waals surface area contributed by atoms with Crippen molar-refractivity contribution in [3.63, 3.8) is 0 Å². The molecule has 1 aromatic heterocycles. The number of ether oxygens (including phenoxy) is 1. The highest BCUT2D eigenvalue weighted by atomic mass is 35.5. The van der Waals surface area contributed by atoms with Crippen LogP contribution in [0.25, 0.3) is 22.6 Å². The van der Waals surface area contributed by atoms with E-state index in [1.807, 2.05) is 38.1 Å². The van der Waals surface area contributed by atoms with Crippen LogP contribution in [-0.4, -0.2) is 23.1 Å². The number of benzene rings is 3. The smallest absolute Gasteiger partial charge is 0.261 e. The number of aryl methyl sites for hydroxylation is 2. The van der Waals surface area contributed by atoms with Crippen LogP contribution in [0.1, 0.15) is 21.5 Å². The van der Waals surface area contributed by atoms with Gasteiger partial charge in [0.1, 0.15) is 11.3 Å². The SMILES string of the molecule is COc1c(C)cccc1C(=O)NC(=S)Nc1ccc(Cl)c(-c2nc3cc(C)ccc3o2)c1. The van der Waals surface area contributed by atoms with E-state index in [1.54, 1.807) is 30.3 Å². The van der Waals surface area contributed by atoms with E-state index in [0.717, 1.165) is 16.6 Å². The summed E-state index contributed by atoms with van der Waals surface area (Å²) in [7, 11) is 1.53. The standard InChI is InChI=1S/C24H20ClN3O3S/c1-13-7-10-20-19(11-13)27-23(31-20)17-12-15(8-9-18(17)25)26-24(32)28-22(29)16-6-4-5-14(2)21(16)30-3/h4-12H,1-3H3,(H2,26,28,29,32). The third-order valence-electron chi connectivity index (χ3n) is 4.89. The summed E-state index contributed by atoms with van der Waals surface area (Å²) >= 11 is 11.7. The number of hydrogen-bond donors (Lipinski definition) is 2. The number of rotatable bonds is 4. The minimum atomic E-state index is -0.369. The van der Waals surface area contributed by atoms with Crippen molar-refractivity contribution in [3.8, 4) is 17.2 Å². The predicted molar refractivity (Wildman–Crippen MR) is 131 cm³/mol. The van der Waals surface area contributed by atoms with Gasteiger partial charge < -0.3 is 14.5 Å². The summed E-state index contributed by atoms with van der Waals surface area (Å²) in [5, 5.41) is 6.31. The molecule has 0 saturated heterocycles. The normalized spacial score (nSPS) is 10.8. The number of nitrogens with one attached hydrogen (secondary N) is 2. The second-order valence-electron chi connectivity index (χ2n) is 7.25. The van der Waals surface area contributed by atoms with E-state index < -0.39 is 0 Å². The molecule has 0 unspecified atom stereocenters. The molecule has 3 aromatic carbocycles. The molecular weight excluding hydrogens is 446 g/mol. The summed E-state index contributed by atoms with van der Waals surface area (Å²) in [6.45, 7) is 3.86. The maximum Gasteiger partial charge on any atom is 0.261 e. The molecule has 2 N–H and O–H groups in total. The van der Waals surface area contributed by atoms with Gasteiger partial charge in [0.15, 0.2) is 10.7 Å². The van der Waals surface area contributed by atoms with Gasteiger partial charge in [-0.3, -0.25) is 10.1 Å². The van der Waals surface area contributed by atoms with E-state index in [2.05, 4.69) is 15.6 Å². The molecule has 0 fully saturated rings. The van der Waals surface area contributed by atoms with E-state index in [4.69, 9.17) is 33.0 Å². The Hall–Kier alpha value is -3.42. The van der Waals surface area contributed by atoms with Crippen molar-refractivity contribution in [2.75, 3.05) is 12.4 Å². The number of aromatic nitrogens is 1. The number of halogens is 1. The Morgan fingerprint density at radius 1 is 1.12 bits per heavy atom. The number of amides is 1. The van der Waals surface area contributed by atoms with Crippen LogP contribution in [0.3, 0.4) is 0 Å². The van der Waals surface area contributed by atoms with Gasteiger partial charge in [-0.2, -0.15) is 0 Å². The third kappa shape index (κ3) is 4.44. The van der Waals surface area contributed by atoms with Crippen LogP contribution in [0.15, 0.2) is 59.0 Å². The lowest BCUT2D eigenvalue weighted by atomic mass is 10.1. The number of hydrogen-bond acceptors (Lipinski definition) is 5. The van der Waals surface area contributed by atoms with Crippen molar-refractivity contribution < 1.29 is 13.9 Å². The van der Waals surface area contributed by atoms with Gasteiger partial charge >= 0.3 is 0 Å². The first-order valence-electron chi connectivity index (χ1n) is 9.79. The van der Waals surface area contributed by atoms with Crippen molar-refractivity contribution >= 4 is 51.6 Å². The zero-order chi connectivity index (χ0) is 22.8. The highest BCUT2D eigenvalue weighted by Crippen LogP contribution is 2.32. The average Bonchev–Trinajstić information content (AvgIpc) is 3.17. The van der Waals surface area contributed by atoms with E-state index in [1.165, 1.54) is 7.11 Å². The maximum atomic E-state index is 12.7. The number of carbonyl (C=O) groups is 1. The number of para-hydroxylation sites is 1. The fraction of sp³-hybridized carbons (Fsp3) is 0.125. The Balaban J connectivity index is 1.54. The summed E-state index contributed by atoms with van der Waals surface area (Å²) in [5.74, 6) is 0.540. The third-order valence-corrected chi connectivity index (χ3v) is 5.42. The quantitative estimate of drug-likeness (QED) is 0.365. The van der Waals surface area contributed by atoms with Gasteiger partial charge in [-0.25, -0.2) is 4.98 Å². The van der Waals surface area contributed by atoms with Gasteiger partial charge in [0.25, 0.3) is 5.91 Å². The van der Waals surface area contributed by atoms with Crippen LogP contribution >= 0.6 is 23.8 Å². The van der Waals surface area contributed by atoms with Gasteiger partial charge in [0.2, 0.25) is 5.89 Å². The zero-order valence-corrected chi connectivity index (χ0v) is 19.2. The predicted octanol–water partition coefficient (Wildman–Crippen LogP) is 5.90. The molecule has 0 bridgehead atoms. The summed E-state index contributed by atoms with van der Waals surface area (Å²) < 4.78 is 11.2. The first kappa shape index (κ1) is 21.8. The highest BCUT2D eigenvalue weighted by Gasteiger charge is 2.16. The molecule has 0 atom stereocenters. The minimum absolute atomic E-state index is 0.139. The largest absolute Gasteiger partial charge is 0.496 e. The lowest BCUT2D eigenvalue weighted by Gasteiger charge is -2.13. The van der Waals surface area contributed by atoms with E-state index in [-0.39, 0.29) is 11.0 Å². The van der Waals surface area contributed by atoms with Gasteiger partial charge in [-0.1, -0.05) is 29.8 Å². The zero-order valence-electron chi connectivity index (χ0n) is 17.7. The Labute approximate surface area is 195 Å². The Kier molecular flexibility index (Phi) is 6.12. The number of oxazole rings is 1. The molecule has 0 saturated carbocycles. The van der Waals surface area contributed by atoms with Crippen LogP contribution in [0.4, 0.5) is 5.69 Å². The van der Waals surface area contributed by atoms with Crippen LogP contribution in [-0.2, 0) is 0 Å². The summed E-state index contributed by atoms with van der Waals surface area (Å²) in [4.78, 5) is 17.2. The van der Waals surface area contributed by atoms with Gasteiger partial charge in [0.05, 0.1) is 23.3 Å². The van der Waals surface area contributed by atoms with Gasteiger partial charge in [-0.15, -0.1) is 0 Å². The number of nitrogens with zero attached hydrogens (tertiary/aromatic N) is 1. The van der Waals surface area contributed by atoms with E-state index in [9.17, 15) is 4.79 Å². The second-order valence-corrected chi connectivity index (χ2v) is 8.06. The molecule has 162 valence electrons. The van der Waals surface area contributed by atoms with Crippen molar-refractivity contribution in [2.45, 2.75) is 13.8 Å². The lowest BCUT2D eigenvalue weighted by molar-refractivity contribution is 0.0974. The van der Waals surface area contributed by atoms with Gasteiger partial charge in [-0.05, 0) is 73.6 Å². The van der Waals surface area contributed by atoms with Gasteiger partial charge in [0, 0.05) is 5.69 Å². The van der Waals surface area contributed by atoms with Crippen molar-refractivity contribution in [1.29, 1.82) is 0 Å². The van der Waals surface area contributed by atoms with Crippen LogP contribution in [0, 0.1) is 13.8 Å². The van der Waals surface area contributed by atoms with Crippen molar-refractivity contribution in [2.24, 2.45) is 0 Å². The molecule has 0 aliphatic rings. The molecule has 1 amide bonds. The highest BCUT2D eigenvalue weighted by molar-refractivity contribution is 7.80. The van der Waals surface area contributed by atoms with Crippen molar-refractivity contribution in [1.82, 2.24) is 10.3 Å². The monoisotopic (exact) mass is 465 g/mol. The minimum Gasteiger partial charge on any atom is -0.496 e. The molecule has 0 spiro atoms. The van der Waals surface area contributed by atoms with Crippen LogP contribution < -0.4 is 15.4 Å². The first-order chi connectivity index (χ1) is 15.4. The molecule has 4 rings (SSSR count). The molecule has 8 heteroatoms. The lowest BCUT2D eigenvalue weighted by Crippen LogP contribution is -2.34. The van der Waals surface area contributed by atoms with Crippen LogP contribution in [0.2, 0.25) is 5.02 Å². The Morgan fingerprint density at radius 3 is 2.72 bits per heavy atom. The van der Waals surface area contributed by atoms with Crippen molar-refractivity contribution in [3.05, 3.63) is 76.3 Å². The molecule has 4 aromatic rings. The summed E-state index contributed by atoms with van der Waals surface area (Å²) in [6, 6.07) is 16.4. The molecule has 0 aliphatic heterocycles. The summed E-state index contributed by atoms with van der Waals surface area (Å²) in [6.07, 6.45) is 0. The Bertz CT molecular complexity index is 1350. The molecule has 1 heterocycles. The summed E-state index contributed by atoms with van der Waals surface area (Å²) in [5.41, 5.74) is 5.01. The number of fused-ring (bicyclic) bond motifs is 1. The first-order valence-corrected chi connectivity index (χ1v) is 10.6. The van der Waals surface area contributed by atoms with E-state index in [0.29, 0.717) is 39.1 Å². The molecule has 0 radical (unpaired) electrons. The fourth-order valence-corrected chi connectivity index (χ4v) is 3.76. The van der Waals surface area contributed by atoms with E-state index >= 15 is 0 Å². The number of methoxy groups -OCH3 is 1.